The smallest absolute Gasteiger partial charge is 0.312 e. The molecule has 0 bridgehead atoms. The van der Waals surface area contributed by atoms with Crippen LogP contribution in [0.2, 0.25) is 0 Å². The second kappa shape index (κ2) is 4.77. The minimum absolute atomic E-state index is 0.176. The predicted molar refractivity (Wildman–Crippen MR) is 52.6 cm³/mol. The Labute approximate surface area is 88.0 Å². The molecule has 0 aliphatic carbocycles. The second-order valence-electron chi connectivity index (χ2n) is 3.49. The summed E-state index contributed by atoms with van der Waals surface area (Å²) in [6.07, 6.45) is 0.814. The maximum atomic E-state index is 11.5. The van der Waals surface area contributed by atoms with E-state index < -0.39 is 17.7 Å². The maximum Gasteiger partial charge on any atom is 0.312 e. The molecule has 15 heavy (non-hydrogen) atoms. The summed E-state index contributed by atoms with van der Waals surface area (Å²) in [4.78, 5) is 36.3. The molecule has 0 unspecified atom stereocenters. The zero-order chi connectivity index (χ0) is 11.4. The molecule has 0 atom stereocenters. The van der Waals surface area contributed by atoms with Gasteiger partial charge in [-0.3, -0.25) is 14.4 Å². The normalized spacial score (nSPS) is 17.1. The van der Waals surface area contributed by atoms with Gasteiger partial charge >= 0.3 is 11.8 Å². The highest BCUT2D eigenvalue weighted by Gasteiger charge is 2.32. The number of carbonyl (C=O) groups is 3. The third-order valence-electron chi connectivity index (χ3n) is 2.24. The summed E-state index contributed by atoms with van der Waals surface area (Å²) in [5.41, 5.74) is 4.97. The van der Waals surface area contributed by atoms with Gasteiger partial charge in [-0.25, -0.2) is 0 Å². The van der Waals surface area contributed by atoms with Gasteiger partial charge in [0.25, 0.3) is 0 Å². The Morgan fingerprint density at radius 2 is 1.80 bits per heavy atom. The SMILES string of the molecule is CCCN1CCN(CC(N)=O)C(=O)C1=O. The number of nitrogens with zero attached hydrogens (tertiary/aromatic N) is 2. The van der Waals surface area contributed by atoms with Gasteiger partial charge in [-0.1, -0.05) is 6.92 Å². The van der Waals surface area contributed by atoms with Crippen molar-refractivity contribution in [1.29, 1.82) is 0 Å². The predicted octanol–water partition coefficient (Wildman–Crippen LogP) is -1.45. The number of amides is 3. The number of nitrogens with two attached hydrogens (primary N) is 1. The average Bonchev–Trinajstić information content (AvgIpc) is 2.17. The van der Waals surface area contributed by atoms with E-state index in [0.717, 1.165) is 6.42 Å². The van der Waals surface area contributed by atoms with E-state index in [0.29, 0.717) is 19.6 Å². The molecule has 0 spiro atoms. The van der Waals surface area contributed by atoms with Crippen LogP contribution in [0.5, 0.6) is 0 Å². The highest BCUT2D eigenvalue weighted by molar-refractivity contribution is 6.35. The summed E-state index contributed by atoms with van der Waals surface area (Å²) in [6, 6.07) is 0. The minimum atomic E-state index is -0.631. The van der Waals surface area contributed by atoms with Gasteiger partial charge in [-0.2, -0.15) is 0 Å². The van der Waals surface area contributed by atoms with E-state index in [1.54, 1.807) is 0 Å². The number of carbonyl (C=O) groups excluding carboxylic acids is 3. The first-order valence-corrected chi connectivity index (χ1v) is 4.92. The van der Waals surface area contributed by atoms with Gasteiger partial charge in [0, 0.05) is 19.6 Å². The Morgan fingerprint density at radius 1 is 1.27 bits per heavy atom. The monoisotopic (exact) mass is 213 g/mol. The van der Waals surface area contributed by atoms with E-state index in [1.165, 1.54) is 9.80 Å². The lowest BCUT2D eigenvalue weighted by Crippen LogP contribution is -2.56. The molecule has 1 fully saturated rings. The summed E-state index contributed by atoms with van der Waals surface area (Å²) in [5, 5.41) is 0. The first-order valence-electron chi connectivity index (χ1n) is 4.92. The molecule has 6 heteroatoms. The van der Waals surface area contributed by atoms with Crippen LogP contribution in [0.25, 0.3) is 0 Å². The van der Waals surface area contributed by atoms with Crippen LogP contribution in [-0.4, -0.2) is 53.7 Å². The van der Waals surface area contributed by atoms with Crippen LogP contribution in [0.4, 0.5) is 0 Å². The lowest BCUT2D eigenvalue weighted by Gasteiger charge is -2.32. The highest BCUT2D eigenvalue weighted by atomic mass is 16.2. The molecule has 0 saturated carbocycles. The van der Waals surface area contributed by atoms with Gasteiger partial charge in [0.1, 0.15) is 0 Å². The van der Waals surface area contributed by atoms with Crippen LogP contribution < -0.4 is 5.73 Å². The fourth-order valence-electron chi connectivity index (χ4n) is 1.54. The summed E-state index contributed by atoms with van der Waals surface area (Å²) >= 11 is 0. The summed E-state index contributed by atoms with van der Waals surface area (Å²) in [7, 11) is 0. The van der Waals surface area contributed by atoms with Crippen molar-refractivity contribution >= 4 is 17.7 Å². The Bertz CT molecular complexity index is 290. The molecule has 3 amide bonds. The Kier molecular flexibility index (Phi) is 3.65. The fraction of sp³-hybridized carbons (Fsp3) is 0.667. The topological polar surface area (TPSA) is 83.7 Å². The minimum Gasteiger partial charge on any atom is -0.368 e. The van der Waals surface area contributed by atoms with Gasteiger partial charge in [0.2, 0.25) is 5.91 Å². The molecule has 0 aromatic rings. The third kappa shape index (κ3) is 2.68. The Hall–Kier alpha value is -1.59. The lowest BCUT2D eigenvalue weighted by atomic mass is 10.2. The Balaban J connectivity index is 2.60. The molecule has 1 saturated heterocycles. The molecule has 6 nitrogen and oxygen atoms in total. The van der Waals surface area contributed by atoms with Crippen LogP contribution >= 0.6 is 0 Å². The molecule has 0 radical (unpaired) electrons. The zero-order valence-electron chi connectivity index (χ0n) is 8.73. The van der Waals surface area contributed by atoms with Crippen molar-refractivity contribution in [2.45, 2.75) is 13.3 Å². The standard InChI is InChI=1S/C9H15N3O3/c1-2-3-11-4-5-12(6-7(10)13)9(15)8(11)14/h2-6H2,1H3,(H2,10,13). The molecule has 1 aliphatic heterocycles. The van der Waals surface area contributed by atoms with Gasteiger partial charge in [-0.15, -0.1) is 0 Å². The number of hydrogen-bond acceptors (Lipinski definition) is 3. The molecule has 0 aromatic carbocycles. The van der Waals surface area contributed by atoms with Crippen molar-refractivity contribution in [2.24, 2.45) is 5.73 Å². The molecule has 1 aliphatic rings. The highest BCUT2D eigenvalue weighted by Crippen LogP contribution is 2.05. The van der Waals surface area contributed by atoms with Crippen molar-refractivity contribution in [3.05, 3.63) is 0 Å². The average molecular weight is 213 g/mol. The van der Waals surface area contributed by atoms with Gasteiger partial charge in [-0.05, 0) is 6.42 Å². The van der Waals surface area contributed by atoms with Crippen molar-refractivity contribution in [3.8, 4) is 0 Å². The van der Waals surface area contributed by atoms with Crippen LogP contribution in [0.15, 0.2) is 0 Å². The van der Waals surface area contributed by atoms with E-state index in [2.05, 4.69) is 0 Å². The molecule has 0 aromatic heterocycles. The maximum absolute atomic E-state index is 11.5. The van der Waals surface area contributed by atoms with Gasteiger partial charge < -0.3 is 15.5 Å². The van der Waals surface area contributed by atoms with Crippen LogP contribution in [-0.2, 0) is 14.4 Å². The summed E-state index contributed by atoms with van der Waals surface area (Å²) < 4.78 is 0. The molecular formula is C9H15N3O3. The summed E-state index contributed by atoms with van der Waals surface area (Å²) in [5.74, 6) is -1.77. The van der Waals surface area contributed by atoms with E-state index in [9.17, 15) is 14.4 Å². The Morgan fingerprint density at radius 3 is 2.33 bits per heavy atom. The van der Waals surface area contributed by atoms with Crippen molar-refractivity contribution in [2.75, 3.05) is 26.2 Å². The van der Waals surface area contributed by atoms with E-state index in [4.69, 9.17) is 5.73 Å². The lowest BCUT2D eigenvalue weighted by molar-refractivity contribution is -0.156. The summed E-state index contributed by atoms with van der Waals surface area (Å²) in [6.45, 7) is 3.20. The molecule has 84 valence electrons. The van der Waals surface area contributed by atoms with Crippen molar-refractivity contribution in [1.82, 2.24) is 9.80 Å². The van der Waals surface area contributed by atoms with Gasteiger partial charge in [0.15, 0.2) is 0 Å². The number of primary amides is 1. The van der Waals surface area contributed by atoms with E-state index >= 15 is 0 Å². The zero-order valence-corrected chi connectivity index (χ0v) is 8.73. The van der Waals surface area contributed by atoms with E-state index in [-0.39, 0.29) is 6.54 Å². The van der Waals surface area contributed by atoms with Crippen LogP contribution in [0.3, 0.4) is 0 Å². The van der Waals surface area contributed by atoms with Gasteiger partial charge in [0.05, 0.1) is 6.54 Å². The van der Waals surface area contributed by atoms with Crippen LogP contribution in [0, 0.1) is 0 Å². The number of rotatable bonds is 4. The third-order valence-corrected chi connectivity index (χ3v) is 2.24. The largest absolute Gasteiger partial charge is 0.368 e. The molecule has 2 N–H and O–H groups in total. The van der Waals surface area contributed by atoms with Crippen molar-refractivity contribution < 1.29 is 14.4 Å². The second-order valence-corrected chi connectivity index (χ2v) is 3.49. The number of piperazine rings is 1. The van der Waals surface area contributed by atoms with Crippen LogP contribution in [0.1, 0.15) is 13.3 Å². The van der Waals surface area contributed by atoms with E-state index in [1.807, 2.05) is 6.92 Å². The van der Waals surface area contributed by atoms with Crippen molar-refractivity contribution in [3.63, 3.8) is 0 Å². The quantitative estimate of drug-likeness (QED) is 0.580. The fourth-order valence-corrected chi connectivity index (χ4v) is 1.54. The number of hydrogen-bond donors (Lipinski definition) is 1. The molecule has 1 heterocycles. The first kappa shape index (κ1) is 11.5. The first-order chi connectivity index (χ1) is 7.06. The molecular weight excluding hydrogens is 198 g/mol. The molecule has 1 rings (SSSR count).